The molecule has 8 nitrogen and oxygen atoms in total. The fourth-order valence-corrected chi connectivity index (χ4v) is 6.16. The molecule has 2 atom stereocenters. The second-order valence-electron chi connectivity index (χ2n) is 9.59. The number of sulfonamides is 1. The molecule has 0 radical (unpaired) electrons. The van der Waals surface area contributed by atoms with Crippen molar-refractivity contribution in [1.82, 2.24) is 14.9 Å². The Labute approximate surface area is 238 Å². The molecule has 3 aromatic carbocycles. The van der Waals surface area contributed by atoms with Gasteiger partial charge >= 0.3 is 0 Å². The summed E-state index contributed by atoms with van der Waals surface area (Å²) in [6, 6.07) is 29.4. The van der Waals surface area contributed by atoms with Crippen molar-refractivity contribution in [3.05, 3.63) is 115 Å². The summed E-state index contributed by atoms with van der Waals surface area (Å²) in [7, 11) is -1.98. The molecule has 0 unspecified atom stereocenters. The number of benzene rings is 3. The van der Waals surface area contributed by atoms with Gasteiger partial charge in [0.25, 0.3) is 0 Å². The normalized spacial score (nSPS) is 17.1. The summed E-state index contributed by atoms with van der Waals surface area (Å²) in [5.74, 6) is 0.385. The van der Waals surface area contributed by atoms with E-state index in [0.717, 1.165) is 34.4 Å². The van der Waals surface area contributed by atoms with Crippen molar-refractivity contribution in [2.75, 3.05) is 23.0 Å². The topological polar surface area (TPSA) is 88.5 Å². The number of aromatic nitrogens is 2. The van der Waals surface area contributed by atoms with Crippen LogP contribution in [0.4, 0.5) is 11.4 Å². The number of pyridine rings is 1. The molecule has 0 saturated carbocycles. The fraction of sp³-hybridized carbons (Fsp3) is 0.133. The molecule has 40 heavy (non-hydrogen) atoms. The number of rotatable bonds is 7. The van der Waals surface area contributed by atoms with Crippen LogP contribution >= 0.6 is 12.2 Å². The zero-order chi connectivity index (χ0) is 27.9. The maximum absolute atomic E-state index is 11.9. The summed E-state index contributed by atoms with van der Waals surface area (Å²) in [4.78, 5) is 6.69. The molecule has 0 bridgehead atoms. The van der Waals surface area contributed by atoms with E-state index < -0.39 is 10.0 Å². The predicted molar refractivity (Wildman–Crippen MR) is 163 cm³/mol. The van der Waals surface area contributed by atoms with E-state index >= 15 is 0 Å². The van der Waals surface area contributed by atoms with E-state index in [-0.39, 0.29) is 12.1 Å². The first-order valence-electron chi connectivity index (χ1n) is 12.7. The zero-order valence-corrected chi connectivity index (χ0v) is 23.5. The third-order valence-corrected chi connectivity index (χ3v) is 7.86. The molecular weight excluding hydrogens is 542 g/mol. The Kier molecular flexibility index (Phi) is 6.65. The van der Waals surface area contributed by atoms with Crippen molar-refractivity contribution in [2.24, 2.45) is 0 Å². The molecular formula is C30H27N5O3S2. The van der Waals surface area contributed by atoms with E-state index in [4.69, 9.17) is 17.0 Å². The fourth-order valence-electron chi connectivity index (χ4n) is 5.24. The van der Waals surface area contributed by atoms with Gasteiger partial charge in [-0.3, -0.25) is 9.71 Å². The molecule has 1 saturated heterocycles. The van der Waals surface area contributed by atoms with E-state index in [2.05, 4.69) is 56.0 Å². The highest BCUT2D eigenvalue weighted by molar-refractivity contribution is 7.92. The van der Waals surface area contributed by atoms with Crippen molar-refractivity contribution < 1.29 is 13.2 Å². The Balaban J connectivity index is 1.49. The van der Waals surface area contributed by atoms with Gasteiger partial charge in [0.2, 0.25) is 10.0 Å². The maximum Gasteiger partial charge on any atom is 0.229 e. The van der Waals surface area contributed by atoms with Gasteiger partial charge in [0.1, 0.15) is 11.8 Å². The van der Waals surface area contributed by atoms with Crippen LogP contribution in [0.25, 0.3) is 16.5 Å². The second kappa shape index (κ2) is 10.3. The lowest BCUT2D eigenvalue weighted by Gasteiger charge is -2.29. The van der Waals surface area contributed by atoms with Crippen molar-refractivity contribution in [3.8, 4) is 11.4 Å². The van der Waals surface area contributed by atoms with Gasteiger partial charge in [0.15, 0.2) is 5.11 Å². The first kappa shape index (κ1) is 25.8. The number of methoxy groups -OCH3 is 1. The third kappa shape index (κ3) is 4.87. The summed E-state index contributed by atoms with van der Waals surface area (Å²) in [5, 5.41) is 6.33. The standard InChI is InChI=1S/C30H27N5O3S2/c1-38-27-19-23(14-15-24(27)33-40(2,36)37)35-29(28(32-30(35)39)25-10-5-6-16-31-25)26-11-7-17-34(26)22-13-12-20-8-3-4-9-21(20)18-22/h3-19,28-29,33H,1-2H3,(H,32,39)/t28-,29+/m1/s1. The molecule has 0 spiro atoms. The van der Waals surface area contributed by atoms with E-state index in [9.17, 15) is 8.42 Å². The van der Waals surface area contributed by atoms with Crippen molar-refractivity contribution in [1.29, 1.82) is 0 Å². The molecule has 1 fully saturated rings. The lowest BCUT2D eigenvalue weighted by atomic mass is 10.0. The van der Waals surface area contributed by atoms with Crippen molar-refractivity contribution >= 4 is 49.5 Å². The maximum atomic E-state index is 11.9. The molecule has 2 N–H and O–H groups in total. The number of nitrogens with one attached hydrogen (secondary N) is 2. The van der Waals surface area contributed by atoms with Crippen LogP contribution in [0.2, 0.25) is 0 Å². The highest BCUT2D eigenvalue weighted by atomic mass is 32.2. The lowest BCUT2D eigenvalue weighted by Crippen LogP contribution is -2.30. The first-order valence-corrected chi connectivity index (χ1v) is 15.0. The van der Waals surface area contributed by atoms with Crippen LogP contribution in [0.15, 0.2) is 103 Å². The zero-order valence-electron chi connectivity index (χ0n) is 21.9. The van der Waals surface area contributed by atoms with Crippen LogP contribution < -0.4 is 19.7 Å². The van der Waals surface area contributed by atoms with Crippen molar-refractivity contribution in [3.63, 3.8) is 0 Å². The quantitative estimate of drug-likeness (QED) is 0.247. The molecule has 0 amide bonds. The second-order valence-corrected chi connectivity index (χ2v) is 11.7. The van der Waals surface area contributed by atoms with Crippen LogP contribution in [-0.2, 0) is 10.0 Å². The molecule has 202 valence electrons. The van der Waals surface area contributed by atoms with Gasteiger partial charge in [-0.25, -0.2) is 8.42 Å². The number of hydrogen-bond donors (Lipinski definition) is 2. The minimum atomic E-state index is -3.49. The number of hydrogen-bond acceptors (Lipinski definition) is 5. The summed E-state index contributed by atoms with van der Waals surface area (Å²) >= 11 is 5.90. The predicted octanol–water partition coefficient (Wildman–Crippen LogP) is 5.58. The first-order chi connectivity index (χ1) is 19.3. The third-order valence-electron chi connectivity index (χ3n) is 6.95. The molecule has 10 heteroatoms. The number of ether oxygens (including phenoxy) is 1. The summed E-state index contributed by atoms with van der Waals surface area (Å²) in [5.41, 5.74) is 4.00. The Bertz CT molecular complexity index is 1820. The van der Waals surface area contributed by atoms with Gasteiger partial charge in [-0.1, -0.05) is 36.4 Å². The van der Waals surface area contributed by atoms with Crippen LogP contribution in [0.1, 0.15) is 23.5 Å². The molecule has 3 heterocycles. The van der Waals surface area contributed by atoms with Crippen LogP contribution in [-0.4, -0.2) is 36.4 Å². The molecule has 0 aliphatic carbocycles. The van der Waals surface area contributed by atoms with Gasteiger partial charge in [0.05, 0.1) is 30.8 Å². The smallest absolute Gasteiger partial charge is 0.229 e. The summed E-state index contributed by atoms with van der Waals surface area (Å²) in [6.45, 7) is 0. The van der Waals surface area contributed by atoms with Crippen LogP contribution in [0.5, 0.6) is 5.75 Å². The van der Waals surface area contributed by atoms with Crippen LogP contribution in [0.3, 0.4) is 0 Å². The monoisotopic (exact) mass is 569 g/mol. The highest BCUT2D eigenvalue weighted by Gasteiger charge is 2.42. The van der Waals surface area contributed by atoms with Crippen molar-refractivity contribution in [2.45, 2.75) is 12.1 Å². The average Bonchev–Trinajstić information content (AvgIpc) is 3.57. The van der Waals surface area contributed by atoms with Gasteiger partial charge < -0.3 is 19.5 Å². The van der Waals surface area contributed by atoms with E-state index in [0.29, 0.717) is 16.5 Å². The molecule has 1 aliphatic rings. The van der Waals surface area contributed by atoms with Gasteiger partial charge in [-0.2, -0.15) is 0 Å². The minimum Gasteiger partial charge on any atom is -0.494 e. The summed E-state index contributed by atoms with van der Waals surface area (Å²) < 4.78 is 34.1. The summed E-state index contributed by atoms with van der Waals surface area (Å²) in [6.07, 6.45) is 4.93. The largest absolute Gasteiger partial charge is 0.494 e. The van der Waals surface area contributed by atoms with E-state index in [1.165, 1.54) is 12.5 Å². The number of thiocarbonyl (C=S) groups is 1. The number of anilines is 2. The van der Waals surface area contributed by atoms with Crippen LogP contribution in [0, 0.1) is 0 Å². The molecule has 5 aromatic rings. The Hall–Kier alpha value is -4.41. The van der Waals surface area contributed by atoms with Gasteiger partial charge in [-0.05, 0) is 71.5 Å². The van der Waals surface area contributed by atoms with E-state index in [1.807, 2.05) is 53.6 Å². The Morgan fingerprint density at radius 1 is 0.925 bits per heavy atom. The Morgan fingerprint density at radius 3 is 2.45 bits per heavy atom. The van der Waals surface area contributed by atoms with E-state index in [1.54, 1.807) is 18.3 Å². The highest BCUT2D eigenvalue weighted by Crippen LogP contribution is 2.44. The SMILES string of the molecule is COc1cc(N2C(=S)N[C@H](c3ccccn3)[C@@H]2c2cccn2-c2ccc3ccccc3c2)ccc1NS(C)(=O)=O. The Morgan fingerprint density at radius 2 is 1.70 bits per heavy atom. The van der Waals surface area contributed by atoms with Gasteiger partial charge in [-0.15, -0.1) is 0 Å². The molecule has 6 rings (SSSR count). The van der Waals surface area contributed by atoms with Gasteiger partial charge in [0, 0.05) is 35.5 Å². The number of nitrogens with zero attached hydrogens (tertiary/aromatic N) is 3. The molecule has 2 aromatic heterocycles. The minimum absolute atomic E-state index is 0.248. The number of fused-ring (bicyclic) bond motifs is 1. The average molecular weight is 570 g/mol. The lowest BCUT2D eigenvalue weighted by molar-refractivity contribution is 0.417. The molecule has 1 aliphatic heterocycles.